The van der Waals surface area contributed by atoms with Gasteiger partial charge in [-0.05, 0) is 25.0 Å². The van der Waals surface area contributed by atoms with E-state index in [1.54, 1.807) is 7.11 Å². The van der Waals surface area contributed by atoms with Gasteiger partial charge in [0, 0.05) is 46.3 Å². The molecule has 7 heteroatoms. The summed E-state index contributed by atoms with van der Waals surface area (Å²) in [5.41, 5.74) is 2.25. The van der Waals surface area contributed by atoms with Crippen LogP contribution < -0.4 is 5.32 Å². The minimum Gasteiger partial charge on any atom is -0.382 e. The van der Waals surface area contributed by atoms with Gasteiger partial charge in [-0.15, -0.1) is 0 Å². The first-order chi connectivity index (χ1) is 13.3. The quantitative estimate of drug-likeness (QED) is 0.414. The fourth-order valence-corrected chi connectivity index (χ4v) is 3.52. The summed E-state index contributed by atoms with van der Waals surface area (Å²) in [5, 5.41) is 3.50. The fraction of sp³-hybridized carbons (Fsp3) is 0.600. The minimum atomic E-state index is 0.567. The first-order valence-electron chi connectivity index (χ1n) is 9.74. The Kier molecular flexibility index (Phi) is 7.47. The lowest BCUT2D eigenvalue weighted by molar-refractivity contribution is 0.0536. The number of benzene rings is 1. The first-order valence-corrected chi connectivity index (χ1v) is 9.74. The molecular weight excluding hydrogens is 342 g/mol. The topological polar surface area (TPSA) is 63.9 Å². The van der Waals surface area contributed by atoms with E-state index in [0.29, 0.717) is 19.1 Å². The zero-order valence-electron chi connectivity index (χ0n) is 16.4. The van der Waals surface area contributed by atoms with Gasteiger partial charge >= 0.3 is 0 Å². The van der Waals surface area contributed by atoms with E-state index in [1.807, 2.05) is 19.4 Å². The predicted molar refractivity (Wildman–Crippen MR) is 108 cm³/mol. The van der Waals surface area contributed by atoms with Crippen LogP contribution in [0.15, 0.2) is 35.6 Å². The maximum Gasteiger partial charge on any atom is 0.193 e. The smallest absolute Gasteiger partial charge is 0.193 e. The Morgan fingerprint density at radius 2 is 2.22 bits per heavy atom. The number of nitrogens with one attached hydrogen (secondary N) is 1. The molecule has 1 aliphatic rings. The highest BCUT2D eigenvalue weighted by atomic mass is 16.5. The molecule has 0 bridgehead atoms. The predicted octanol–water partition coefficient (Wildman–Crippen LogP) is 1.99. The van der Waals surface area contributed by atoms with Crippen molar-refractivity contribution in [2.45, 2.75) is 19.4 Å². The highest BCUT2D eigenvalue weighted by Crippen LogP contribution is 2.16. The van der Waals surface area contributed by atoms with Gasteiger partial charge in [-0.25, -0.2) is 4.98 Å². The third kappa shape index (κ3) is 5.43. The zero-order chi connectivity index (χ0) is 18.9. The molecule has 0 radical (unpaired) electrons. The number of hydrogen-bond donors (Lipinski definition) is 1. The Labute approximate surface area is 161 Å². The number of ether oxygens (including phenoxy) is 2. The summed E-state index contributed by atoms with van der Waals surface area (Å²) in [6, 6.07) is 8.25. The lowest BCUT2D eigenvalue weighted by Crippen LogP contribution is -2.40. The van der Waals surface area contributed by atoms with Crippen LogP contribution >= 0.6 is 0 Å². The number of imidazole rings is 1. The molecule has 1 saturated heterocycles. The number of para-hydroxylation sites is 2. The van der Waals surface area contributed by atoms with Crippen LogP contribution in [0.2, 0.25) is 0 Å². The SMILES string of the molecule is CN=C(NCCCn1cnc2ccccc21)N1CCC(COCCOC)C1. The maximum atomic E-state index is 5.67. The molecule has 0 aliphatic carbocycles. The number of nitrogens with zero attached hydrogens (tertiary/aromatic N) is 4. The summed E-state index contributed by atoms with van der Waals surface area (Å²) in [6.45, 7) is 5.99. The third-order valence-corrected chi connectivity index (χ3v) is 4.97. The van der Waals surface area contributed by atoms with Crippen LogP contribution in [0, 0.1) is 5.92 Å². The number of fused-ring (bicyclic) bond motifs is 1. The molecule has 1 N–H and O–H groups in total. The van der Waals surface area contributed by atoms with Gasteiger partial charge in [0.1, 0.15) is 0 Å². The number of likely N-dealkylation sites (tertiary alicyclic amines) is 1. The number of hydrogen-bond acceptors (Lipinski definition) is 4. The number of aliphatic imine (C=N–C) groups is 1. The second kappa shape index (κ2) is 10.3. The van der Waals surface area contributed by atoms with Crippen LogP contribution in [0.4, 0.5) is 0 Å². The van der Waals surface area contributed by atoms with Gasteiger partial charge in [0.2, 0.25) is 0 Å². The van der Waals surface area contributed by atoms with Crippen LogP contribution in [-0.4, -0.2) is 74.0 Å². The van der Waals surface area contributed by atoms with Crippen LogP contribution in [0.3, 0.4) is 0 Å². The summed E-state index contributed by atoms with van der Waals surface area (Å²) >= 11 is 0. The molecule has 2 heterocycles. The van der Waals surface area contributed by atoms with Gasteiger partial charge in [0.25, 0.3) is 0 Å². The molecular formula is C20H31N5O2. The van der Waals surface area contributed by atoms with Crippen molar-refractivity contribution in [1.82, 2.24) is 19.8 Å². The van der Waals surface area contributed by atoms with Gasteiger partial charge in [-0.2, -0.15) is 0 Å². The molecule has 1 atom stereocenters. The van der Waals surface area contributed by atoms with Crippen LogP contribution in [0.1, 0.15) is 12.8 Å². The van der Waals surface area contributed by atoms with Crippen LogP contribution in [0.5, 0.6) is 0 Å². The van der Waals surface area contributed by atoms with E-state index in [1.165, 1.54) is 5.52 Å². The number of guanidine groups is 1. The summed E-state index contributed by atoms with van der Waals surface area (Å²) in [5.74, 6) is 1.56. The van der Waals surface area contributed by atoms with Gasteiger partial charge < -0.3 is 24.3 Å². The standard InChI is InChI=1S/C20H31N5O2/c1-21-20(24-11-8-17(14-24)15-27-13-12-26-2)22-9-5-10-25-16-23-18-6-3-4-7-19(18)25/h3-4,6-7,16-17H,5,8-15H2,1-2H3,(H,21,22). The third-order valence-electron chi connectivity index (χ3n) is 4.97. The molecule has 0 amide bonds. The van der Waals surface area contributed by atoms with Crippen LogP contribution in [-0.2, 0) is 16.0 Å². The molecule has 0 spiro atoms. The minimum absolute atomic E-state index is 0.567. The van der Waals surface area contributed by atoms with Gasteiger partial charge in [0.15, 0.2) is 5.96 Å². The largest absolute Gasteiger partial charge is 0.382 e. The summed E-state index contributed by atoms with van der Waals surface area (Å²) in [4.78, 5) is 11.2. The van der Waals surface area contributed by atoms with Crippen molar-refractivity contribution in [2.24, 2.45) is 10.9 Å². The fourth-order valence-electron chi connectivity index (χ4n) is 3.52. The van der Waals surface area contributed by atoms with Crippen molar-refractivity contribution in [3.63, 3.8) is 0 Å². The molecule has 1 aromatic carbocycles. The summed E-state index contributed by atoms with van der Waals surface area (Å²) in [7, 11) is 3.56. The van der Waals surface area contributed by atoms with Crippen molar-refractivity contribution in [3.8, 4) is 0 Å². The molecule has 0 saturated carbocycles. The van der Waals surface area contributed by atoms with Crippen molar-refractivity contribution < 1.29 is 9.47 Å². The van der Waals surface area contributed by atoms with Gasteiger partial charge in [-0.3, -0.25) is 4.99 Å². The highest BCUT2D eigenvalue weighted by molar-refractivity contribution is 5.80. The Balaban J connectivity index is 1.38. The van der Waals surface area contributed by atoms with Crippen LogP contribution in [0.25, 0.3) is 11.0 Å². The lowest BCUT2D eigenvalue weighted by atomic mass is 10.1. The van der Waals surface area contributed by atoms with E-state index in [4.69, 9.17) is 9.47 Å². The lowest BCUT2D eigenvalue weighted by Gasteiger charge is -2.21. The average Bonchev–Trinajstić information content (AvgIpc) is 3.33. The van der Waals surface area contributed by atoms with Gasteiger partial charge in [0.05, 0.1) is 37.2 Å². The van der Waals surface area contributed by atoms with E-state index >= 15 is 0 Å². The van der Waals surface area contributed by atoms with E-state index in [-0.39, 0.29) is 0 Å². The van der Waals surface area contributed by atoms with Gasteiger partial charge in [-0.1, -0.05) is 12.1 Å². The summed E-state index contributed by atoms with van der Waals surface area (Å²) < 4.78 is 12.9. The van der Waals surface area contributed by atoms with Crippen molar-refractivity contribution >= 4 is 17.0 Å². The maximum absolute atomic E-state index is 5.67. The molecule has 7 nitrogen and oxygen atoms in total. The zero-order valence-corrected chi connectivity index (χ0v) is 16.4. The first kappa shape index (κ1) is 19.6. The highest BCUT2D eigenvalue weighted by Gasteiger charge is 2.24. The molecule has 3 rings (SSSR count). The van der Waals surface area contributed by atoms with Crippen molar-refractivity contribution in [2.75, 3.05) is 53.6 Å². The molecule has 1 fully saturated rings. The Morgan fingerprint density at radius 1 is 1.33 bits per heavy atom. The monoisotopic (exact) mass is 373 g/mol. The van der Waals surface area contributed by atoms with E-state index < -0.39 is 0 Å². The Hall–Kier alpha value is -2.12. The number of rotatable bonds is 9. The Bertz CT molecular complexity index is 730. The van der Waals surface area contributed by atoms with Crippen molar-refractivity contribution in [3.05, 3.63) is 30.6 Å². The second-order valence-corrected chi connectivity index (χ2v) is 6.92. The molecule has 148 valence electrons. The molecule has 1 aromatic heterocycles. The molecule has 27 heavy (non-hydrogen) atoms. The summed E-state index contributed by atoms with van der Waals surface area (Å²) in [6.07, 6.45) is 4.10. The number of methoxy groups -OCH3 is 1. The van der Waals surface area contributed by atoms with E-state index in [0.717, 1.165) is 57.1 Å². The number of aromatic nitrogens is 2. The normalized spacial score (nSPS) is 17.8. The van der Waals surface area contributed by atoms with E-state index in [2.05, 4.69) is 43.0 Å². The average molecular weight is 374 g/mol. The molecule has 1 unspecified atom stereocenters. The second-order valence-electron chi connectivity index (χ2n) is 6.92. The Morgan fingerprint density at radius 3 is 3.07 bits per heavy atom. The molecule has 2 aromatic rings. The van der Waals surface area contributed by atoms with E-state index in [9.17, 15) is 0 Å². The van der Waals surface area contributed by atoms with Crippen molar-refractivity contribution in [1.29, 1.82) is 0 Å². The number of aryl methyl sites for hydroxylation is 1. The molecule has 1 aliphatic heterocycles.